The number of alkyl halides is 3. The first-order valence-electron chi connectivity index (χ1n) is 8.96. The number of carbonyl (C=O) groups is 1. The van der Waals surface area contributed by atoms with Gasteiger partial charge in [-0.25, -0.2) is 5.43 Å². The summed E-state index contributed by atoms with van der Waals surface area (Å²) < 4.78 is 68.2. The van der Waals surface area contributed by atoms with Crippen LogP contribution in [0.1, 0.15) is 21.5 Å². The molecule has 0 aliphatic heterocycles. The van der Waals surface area contributed by atoms with Gasteiger partial charge in [0.1, 0.15) is 4.90 Å². The molecule has 0 heterocycles. The second-order valence-corrected chi connectivity index (χ2v) is 8.81. The van der Waals surface area contributed by atoms with E-state index < -0.39 is 32.7 Å². The van der Waals surface area contributed by atoms with Gasteiger partial charge in [-0.3, -0.25) is 4.79 Å². The van der Waals surface area contributed by atoms with Gasteiger partial charge in [-0.15, -0.1) is 0 Å². The number of rotatable bonds is 6. The Morgan fingerprint density at radius 2 is 1.67 bits per heavy atom. The highest BCUT2D eigenvalue weighted by molar-refractivity contribution is 7.87. The number of para-hydroxylation sites is 1. The Kier molecular flexibility index (Phi) is 7.31. The highest BCUT2D eigenvalue weighted by Crippen LogP contribution is 2.30. The minimum atomic E-state index is -4.61. The molecule has 0 aromatic heterocycles. The smallest absolute Gasteiger partial charge is 0.378 e. The van der Waals surface area contributed by atoms with Gasteiger partial charge in [-0.05, 0) is 54.6 Å². The average molecular weight is 517 g/mol. The fraction of sp³-hybridized carbons (Fsp3) is 0.0476. The van der Waals surface area contributed by atoms with Crippen molar-refractivity contribution in [2.75, 3.05) is 0 Å². The molecule has 0 spiro atoms. The number of nitrogens with zero attached hydrogens (tertiary/aromatic N) is 1. The third-order valence-electron chi connectivity index (χ3n) is 4.13. The molecule has 0 saturated heterocycles. The highest BCUT2D eigenvalue weighted by Gasteiger charge is 2.31. The summed E-state index contributed by atoms with van der Waals surface area (Å²) in [6.07, 6.45) is -3.47. The topological polar surface area (TPSA) is 84.8 Å². The number of hydrogen-bond donors (Lipinski definition) is 1. The van der Waals surface area contributed by atoms with Crippen LogP contribution in [0.2, 0.25) is 10.0 Å². The molecule has 0 atom stereocenters. The van der Waals surface area contributed by atoms with Crippen molar-refractivity contribution in [1.82, 2.24) is 5.43 Å². The first-order valence-corrected chi connectivity index (χ1v) is 11.1. The standard InChI is InChI=1S/C21H13Cl2F3N2O4S/c22-15-7-10-18(23)17(11-15)20(29)28-27-12-13-3-1-2-4-19(13)32-33(30,31)16-8-5-14(6-9-16)21(24,25)26/h1-12H,(H,28,29). The normalized spacial score (nSPS) is 12.0. The van der Waals surface area contributed by atoms with E-state index in [1.165, 1.54) is 36.4 Å². The van der Waals surface area contributed by atoms with E-state index in [1.807, 2.05) is 0 Å². The predicted octanol–water partition coefficient (Wildman–Crippen LogP) is 5.54. The van der Waals surface area contributed by atoms with Crippen LogP contribution in [0.15, 0.2) is 76.7 Å². The lowest BCUT2D eigenvalue weighted by Gasteiger charge is -2.11. The second-order valence-electron chi connectivity index (χ2n) is 6.42. The Morgan fingerprint density at radius 3 is 2.33 bits per heavy atom. The number of benzene rings is 3. The fourth-order valence-electron chi connectivity index (χ4n) is 2.53. The molecule has 0 fully saturated rings. The summed E-state index contributed by atoms with van der Waals surface area (Å²) in [5, 5.41) is 4.21. The van der Waals surface area contributed by atoms with E-state index in [2.05, 4.69) is 10.5 Å². The molecule has 0 unspecified atom stereocenters. The molecule has 0 aliphatic rings. The largest absolute Gasteiger partial charge is 0.416 e. The van der Waals surface area contributed by atoms with Gasteiger partial charge in [-0.2, -0.15) is 26.7 Å². The number of amides is 1. The summed E-state index contributed by atoms with van der Waals surface area (Å²) in [6, 6.07) is 13.0. The van der Waals surface area contributed by atoms with Crippen LogP contribution in [0.25, 0.3) is 0 Å². The zero-order valence-corrected chi connectivity index (χ0v) is 18.6. The van der Waals surface area contributed by atoms with E-state index in [9.17, 15) is 26.4 Å². The Balaban J connectivity index is 1.77. The zero-order valence-electron chi connectivity index (χ0n) is 16.3. The third-order valence-corrected chi connectivity index (χ3v) is 5.94. The molecule has 1 N–H and O–H groups in total. The fourth-order valence-corrected chi connectivity index (χ4v) is 3.86. The Labute approximate surface area is 196 Å². The van der Waals surface area contributed by atoms with Crippen molar-refractivity contribution in [3.8, 4) is 5.75 Å². The summed E-state index contributed by atoms with van der Waals surface area (Å²) in [6.45, 7) is 0. The predicted molar refractivity (Wildman–Crippen MR) is 117 cm³/mol. The van der Waals surface area contributed by atoms with E-state index in [4.69, 9.17) is 27.4 Å². The van der Waals surface area contributed by atoms with Crippen molar-refractivity contribution < 1.29 is 30.6 Å². The lowest BCUT2D eigenvalue weighted by atomic mass is 10.2. The summed E-state index contributed by atoms with van der Waals surface area (Å²) in [4.78, 5) is 11.8. The van der Waals surface area contributed by atoms with Gasteiger partial charge in [0, 0.05) is 10.6 Å². The van der Waals surface area contributed by atoms with Crippen molar-refractivity contribution in [2.45, 2.75) is 11.1 Å². The Bertz CT molecular complexity index is 1310. The van der Waals surface area contributed by atoms with Crippen LogP contribution >= 0.6 is 23.2 Å². The molecule has 0 bridgehead atoms. The van der Waals surface area contributed by atoms with E-state index in [0.717, 1.165) is 18.3 Å². The molecule has 6 nitrogen and oxygen atoms in total. The Morgan fingerprint density at radius 1 is 1.00 bits per heavy atom. The van der Waals surface area contributed by atoms with Crippen LogP contribution in [0.5, 0.6) is 5.75 Å². The van der Waals surface area contributed by atoms with Crippen molar-refractivity contribution in [1.29, 1.82) is 0 Å². The molecule has 1 amide bonds. The van der Waals surface area contributed by atoms with E-state index in [1.54, 1.807) is 6.07 Å². The monoisotopic (exact) mass is 516 g/mol. The molecule has 3 aromatic rings. The van der Waals surface area contributed by atoms with E-state index >= 15 is 0 Å². The first-order chi connectivity index (χ1) is 15.5. The molecule has 0 radical (unpaired) electrons. The van der Waals surface area contributed by atoms with Crippen LogP contribution in [0, 0.1) is 0 Å². The SMILES string of the molecule is O=C(NN=Cc1ccccc1OS(=O)(=O)c1ccc(C(F)(F)F)cc1)c1cc(Cl)ccc1Cl. The molecule has 172 valence electrons. The van der Waals surface area contributed by atoms with Crippen LogP contribution in [0.4, 0.5) is 13.2 Å². The molecule has 3 rings (SSSR count). The molecular weight excluding hydrogens is 504 g/mol. The van der Waals surface area contributed by atoms with Crippen molar-refractivity contribution in [3.05, 3.63) is 93.5 Å². The molecule has 0 aliphatic carbocycles. The maximum atomic E-state index is 12.7. The van der Waals surface area contributed by atoms with Gasteiger partial charge < -0.3 is 4.18 Å². The van der Waals surface area contributed by atoms with Crippen LogP contribution in [0.3, 0.4) is 0 Å². The molecule has 33 heavy (non-hydrogen) atoms. The second kappa shape index (κ2) is 9.82. The highest BCUT2D eigenvalue weighted by atomic mass is 35.5. The van der Waals surface area contributed by atoms with Gasteiger partial charge in [-0.1, -0.05) is 35.3 Å². The lowest BCUT2D eigenvalue weighted by molar-refractivity contribution is -0.137. The van der Waals surface area contributed by atoms with Gasteiger partial charge in [0.25, 0.3) is 5.91 Å². The number of hydrogen-bond acceptors (Lipinski definition) is 5. The van der Waals surface area contributed by atoms with Crippen molar-refractivity contribution in [2.24, 2.45) is 5.10 Å². The number of carbonyl (C=O) groups excluding carboxylic acids is 1. The maximum absolute atomic E-state index is 12.7. The number of halogens is 5. The lowest BCUT2D eigenvalue weighted by Crippen LogP contribution is -2.18. The van der Waals surface area contributed by atoms with Gasteiger partial charge in [0.15, 0.2) is 5.75 Å². The summed E-state index contributed by atoms with van der Waals surface area (Å²) in [5.41, 5.74) is 1.49. The molecular formula is C21H13Cl2F3N2O4S. The van der Waals surface area contributed by atoms with Gasteiger partial charge >= 0.3 is 16.3 Å². The summed E-state index contributed by atoms with van der Waals surface area (Å²) in [7, 11) is -4.44. The first kappa shape index (κ1) is 24.6. The number of nitrogens with one attached hydrogen (secondary N) is 1. The minimum absolute atomic E-state index is 0.0794. The maximum Gasteiger partial charge on any atom is 0.416 e. The summed E-state index contributed by atoms with van der Waals surface area (Å²) in [5.74, 6) is -0.814. The van der Waals surface area contributed by atoms with E-state index in [0.29, 0.717) is 17.2 Å². The molecule has 3 aromatic carbocycles. The minimum Gasteiger partial charge on any atom is -0.378 e. The van der Waals surface area contributed by atoms with Gasteiger partial charge in [0.2, 0.25) is 0 Å². The van der Waals surface area contributed by atoms with Gasteiger partial charge in [0.05, 0.1) is 22.4 Å². The van der Waals surface area contributed by atoms with E-state index in [-0.39, 0.29) is 21.9 Å². The van der Waals surface area contributed by atoms with Crippen molar-refractivity contribution in [3.63, 3.8) is 0 Å². The van der Waals surface area contributed by atoms with Crippen LogP contribution in [-0.2, 0) is 16.3 Å². The quantitative estimate of drug-likeness (QED) is 0.264. The average Bonchev–Trinajstić information content (AvgIpc) is 2.76. The van der Waals surface area contributed by atoms with Crippen molar-refractivity contribution >= 4 is 45.4 Å². The molecule has 12 heteroatoms. The van der Waals surface area contributed by atoms with Crippen LogP contribution < -0.4 is 9.61 Å². The summed E-state index contributed by atoms with van der Waals surface area (Å²) >= 11 is 11.8. The number of hydrazone groups is 1. The molecule has 0 saturated carbocycles. The zero-order chi connectivity index (χ0) is 24.2. The Hall–Kier alpha value is -3.08. The van der Waals surface area contributed by atoms with Crippen LogP contribution in [-0.4, -0.2) is 20.5 Å². The third kappa shape index (κ3) is 6.25.